The molecule has 2 nitrogen and oxygen atoms in total. The van der Waals surface area contributed by atoms with E-state index in [2.05, 4.69) is 0 Å². The number of phenolic OH excluding ortho intramolecular Hbond substituents is 1. The number of aliphatic hydroxyl groups is 1. The molecule has 0 heterocycles. The van der Waals surface area contributed by atoms with Crippen molar-refractivity contribution in [2.24, 2.45) is 0 Å². The van der Waals surface area contributed by atoms with Gasteiger partial charge in [0.1, 0.15) is 5.75 Å². The third kappa shape index (κ3) is 3.46. The standard InChI is InChI=1S/C6H4Cl2O.CH4O/c7-4-1-2-6(9)5(8)3-4;1-2/h1-3,9H;2H,1H3. The van der Waals surface area contributed by atoms with E-state index < -0.39 is 0 Å². The van der Waals surface area contributed by atoms with Crippen LogP contribution in [0.1, 0.15) is 0 Å². The van der Waals surface area contributed by atoms with Gasteiger partial charge in [0.2, 0.25) is 0 Å². The first-order valence-electron chi connectivity index (χ1n) is 2.79. The molecule has 0 radical (unpaired) electrons. The lowest BCUT2D eigenvalue weighted by molar-refractivity contribution is 0.399. The third-order valence-electron chi connectivity index (χ3n) is 0.910. The SMILES string of the molecule is CO.Oc1ccc(Cl)cc1Cl. The summed E-state index contributed by atoms with van der Waals surface area (Å²) in [6.45, 7) is 0. The van der Waals surface area contributed by atoms with E-state index in [4.69, 9.17) is 33.4 Å². The lowest BCUT2D eigenvalue weighted by atomic mass is 10.3. The van der Waals surface area contributed by atoms with Crippen LogP contribution in [0.5, 0.6) is 5.75 Å². The summed E-state index contributed by atoms with van der Waals surface area (Å²) in [6.07, 6.45) is 0. The molecule has 2 N–H and O–H groups in total. The number of phenols is 1. The maximum atomic E-state index is 8.85. The number of benzene rings is 1. The van der Waals surface area contributed by atoms with Gasteiger partial charge in [-0.3, -0.25) is 0 Å². The summed E-state index contributed by atoms with van der Waals surface area (Å²) >= 11 is 11.0. The fourth-order valence-corrected chi connectivity index (χ4v) is 0.890. The van der Waals surface area contributed by atoms with Crippen LogP contribution in [0.25, 0.3) is 0 Å². The van der Waals surface area contributed by atoms with Crippen LogP contribution in [-0.2, 0) is 0 Å². The highest BCUT2D eigenvalue weighted by molar-refractivity contribution is 6.35. The van der Waals surface area contributed by atoms with Gasteiger partial charge in [-0.15, -0.1) is 0 Å². The van der Waals surface area contributed by atoms with Gasteiger partial charge in [-0.25, -0.2) is 0 Å². The number of halogens is 2. The zero-order valence-electron chi connectivity index (χ0n) is 5.88. The minimum Gasteiger partial charge on any atom is -0.506 e. The van der Waals surface area contributed by atoms with Crippen LogP contribution in [0.2, 0.25) is 10.0 Å². The summed E-state index contributed by atoms with van der Waals surface area (Å²) in [5.41, 5.74) is 0. The number of hydrogen-bond acceptors (Lipinski definition) is 2. The summed E-state index contributed by atoms with van der Waals surface area (Å²) in [7, 11) is 1.00. The van der Waals surface area contributed by atoms with Crippen molar-refractivity contribution in [3.8, 4) is 5.75 Å². The first-order chi connectivity index (χ1) is 5.20. The molecule has 4 heteroatoms. The summed E-state index contributed by atoms with van der Waals surface area (Å²) in [5.74, 6) is 0.0565. The molecule has 62 valence electrons. The summed E-state index contributed by atoms with van der Waals surface area (Å²) < 4.78 is 0. The van der Waals surface area contributed by atoms with Gasteiger partial charge in [-0.1, -0.05) is 23.2 Å². The van der Waals surface area contributed by atoms with E-state index in [1.165, 1.54) is 12.1 Å². The molecule has 11 heavy (non-hydrogen) atoms. The Morgan fingerprint density at radius 1 is 1.18 bits per heavy atom. The van der Waals surface area contributed by atoms with E-state index in [9.17, 15) is 0 Å². The Hall–Kier alpha value is -0.440. The summed E-state index contributed by atoms with van der Waals surface area (Å²) in [5, 5.41) is 16.7. The molecule has 0 saturated heterocycles. The molecule has 0 aliphatic heterocycles. The molecule has 0 aliphatic carbocycles. The van der Waals surface area contributed by atoms with Crippen LogP contribution in [0.3, 0.4) is 0 Å². The fourth-order valence-electron chi connectivity index (χ4n) is 0.481. The smallest absolute Gasteiger partial charge is 0.134 e. The number of aromatic hydroxyl groups is 1. The second-order valence-corrected chi connectivity index (χ2v) is 2.44. The van der Waals surface area contributed by atoms with Gasteiger partial charge in [0.15, 0.2) is 0 Å². The predicted molar refractivity (Wildman–Crippen MR) is 46.3 cm³/mol. The van der Waals surface area contributed by atoms with Crippen molar-refractivity contribution < 1.29 is 10.2 Å². The maximum absolute atomic E-state index is 8.85. The molecule has 1 aromatic carbocycles. The van der Waals surface area contributed by atoms with Crippen LogP contribution < -0.4 is 0 Å². The van der Waals surface area contributed by atoms with Gasteiger partial charge in [0.25, 0.3) is 0 Å². The normalized spacial score (nSPS) is 8.36. The average Bonchev–Trinajstić information content (AvgIpc) is 2.02. The van der Waals surface area contributed by atoms with Crippen molar-refractivity contribution in [3.63, 3.8) is 0 Å². The minimum absolute atomic E-state index is 0.0565. The monoisotopic (exact) mass is 194 g/mol. The Balaban J connectivity index is 0.000000461. The predicted octanol–water partition coefficient (Wildman–Crippen LogP) is 2.31. The largest absolute Gasteiger partial charge is 0.506 e. The van der Waals surface area contributed by atoms with Gasteiger partial charge in [-0.05, 0) is 18.2 Å². The Bertz CT molecular complexity index is 226. The highest BCUT2D eigenvalue weighted by Gasteiger charge is 1.95. The summed E-state index contributed by atoms with van der Waals surface area (Å²) in [4.78, 5) is 0. The van der Waals surface area contributed by atoms with Crippen molar-refractivity contribution in [1.82, 2.24) is 0 Å². The minimum atomic E-state index is 0.0565. The van der Waals surface area contributed by atoms with Crippen molar-refractivity contribution in [3.05, 3.63) is 28.2 Å². The molecular weight excluding hydrogens is 187 g/mol. The lowest BCUT2D eigenvalue weighted by Gasteiger charge is -1.93. The quantitative estimate of drug-likeness (QED) is 0.666. The van der Waals surface area contributed by atoms with E-state index >= 15 is 0 Å². The zero-order chi connectivity index (χ0) is 8.85. The van der Waals surface area contributed by atoms with Crippen LogP contribution >= 0.6 is 23.2 Å². The molecule has 0 fully saturated rings. The third-order valence-corrected chi connectivity index (χ3v) is 1.45. The first kappa shape index (κ1) is 10.6. The topological polar surface area (TPSA) is 40.5 Å². The second kappa shape index (κ2) is 5.24. The van der Waals surface area contributed by atoms with Crippen LogP contribution in [0, 0.1) is 0 Å². The molecule has 1 aromatic rings. The average molecular weight is 195 g/mol. The van der Waals surface area contributed by atoms with Crippen LogP contribution in [0.15, 0.2) is 18.2 Å². The van der Waals surface area contributed by atoms with Gasteiger partial charge in [0.05, 0.1) is 5.02 Å². The van der Waals surface area contributed by atoms with E-state index in [-0.39, 0.29) is 10.8 Å². The molecule has 0 spiro atoms. The van der Waals surface area contributed by atoms with E-state index in [1.807, 2.05) is 0 Å². The van der Waals surface area contributed by atoms with E-state index in [0.29, 0.717) is 5.02 Å². The van der Waals surface area contributed by atoms with E-state index in [0.717, 1.165) is 7.11 Å². The van der Waals surface area contributed by atoms with Gasteiger partial charge in [0, 0.05) is 12.1 Å². The molecule has 1 rings (SSSR count). The second-order valence-electron chi connectivity index (χ2n) is 1.60. The lowest BCUT2D eigenvalue weighted by Crippen LogP contribution is -1.66. The molecule has 0 unspecified atom stereocenters. The van der Waals surface area contributed by atoms with Gasteiger partial charge >= 0.3 is 0 Å². The van der Waals surface area contributed by atoms with Crippen LogP contribution in [-0.4, -0.2) is 17.3 Å². The molecule has 0 atom stereocenters. The maximum Gasteiger partial charge on any atom is 0.134 e. The van der Waals surface area contributed by atoms with Gasteiger partial charge in [-0.2, -0.15) is 0 Å². The molecule has 0 aromatic heterocycles. The number of hydrogen-bond donors (Lipinski definition) is 2. The molecule has 0 amide bonds. The first-order valence-corrected chi connectivity index (χ1v) is 3.54. The van der Waals surface area contributed by atoms with Gasteiger partial charge < -0.3 is 10.2 Å². The van der Waals surface area contributed by atoms with Crippen molar-refractivity contribution in [2.45, 2.75) is 0 Å². The molecular formula is C7H8Cl2O2. The van der Waals surface area contributed by atoms with Crippen molar-refractivity contribution in [1.29, 1.82) is 0 Å². The number of rotatable bonds is 0. The molecule has 0 aliphatic rings. The van der Waals surface area contributed by atoms with E-state index in [1.54, 1.807) is 6.07 Å². The Morgan fingerprint density at radius 3 is 2.09 bits per heavy atom. The fraction of sp³-hybridized carbons (Fsp3) is 0.143. The van der Waals surface area contributed by atoms with Crippen molar-refractivity contribution in [2.75, 3.05) is 7.11 Å². The van der Waals surface area contributed by atoms with Crippen LogP contribution in [0.4, 0.5) is 0 Å². The Morgan fingerprint density at radius 2 is 1.73 bits per heavy atom. The molecule has 0 saturated carbocycles. The Kier molecular flexibility index (Phi) is 5.03. The Labute approximate surface area is 75.0 Å². The van der Waals surface area contributed by atoms with Crippen molar-refractivity contribution >= 4 is 23.2 Å². The highest BCUT2D eigenvalue weighted by Crippen LogP contribution is 2.25. The zero-order valence-corrected chi connectivity index (χ0v) is 7.39. The number of aliphatic hydroxyl groups excluding tert-OH is 1. The highest BCUT2D eigenvalue weighted by atomic mass is 35.5. The molecule has 0 bridgehead atoms. The summed E-state index contributed by atoms with van der Waals surface area (Å²) in [6, 6.07) is 4.51.